The Morgan fingerprint density at radius 1 is 0.941 bits per heavy atom. The van der Waals surface area contributed by atoms with E-state index in [4.69, 9.17) is 30.1 Å². The Labute approximate surface area is 201 Å². The molecule has 34 heavy (non-hydrogen) atoms. The van der Waals surface area contributed by atoms with Gasteiger partial charge in [-0.1, -0.05) is 37.6 Å². The van der Waals surface area contributed by atoms with Gasteiger partial charge in [-0.15, -0.1) is 10.2 Å². The topological polar surface area (TPSA) is 224 Å². The second-order valence-corrected chi connectivity index (χ2v) is 7.80. The van der Waals surface area contributed by atoms with E-state index in [1.165, 1.54) is 0 Å². The number of nitrogens with one attached hydrogen (secondary N) is 3. The zero-order chi connectivity index (χ0) is 25.6. The lowest BCUT2D eigenvalue weighted by Gasteiger charge is -2.20. The largest absolute Gasteiger partial charge is 0.354 e. The first-order valence-electron chi connectivity index (χ1n) is 10.9. The van der Waals surface area contributed by atoms with Crippen LogP contribution in [0.5, 0.6) is 0 Å². The van der Waals surface area contributed by atoms with Crippen molar-refractivity contribution < 1.29 is 33.9 Å². The van der Waals surface area contributed by atoms with Crippen molar-refractivity contribution in [3.8, 4) is 0 Å². The maximum Gasteiger partial charge on any atom is 0.339 e. The van der Waals surface area contributed by atoms with Crippen molar-refractivity contribution >= 4 is 23.8 Å². The maximum atomic E-state index is 8.49. The van der Waals surface area contributed by atoms with Crippen molar-refractivity contribution in [1.29, 1.82) is 0 Å². The van der Waals surface area contributed by atoms with Gasteiger partial charge in [0.15, 0.2) is 0 Å². The Bertz CT molecular complexity index is 883. The summed E-state index contributed by atoms with van der Waals surface area (Å²) in [6, 6.07) is 8.09. The summed E-state index contributed by atoms with van der Waals surface area (Å²) in [7, 11) is -4.94. The molecule has 0 spiro atoms. The maximum absolute atomic E-state index is 8.49. The monoisotopic (exact) mass is 499 g/mol. The van der Waals surface area contributed by atoms with Gasteiger partial charge >= 0.3 is 5.96 Å². The summed E-state index contributed by atoms with van der Waals surface area (Å²) >= 11 is 0. The van der Waals surface area contributed by atoms with Crippen molar-refractivity contribution in [2.45, 2.75) is 46.7 Å². The van der Waals surface area contributed by atoms with E-state index in [1.807, 2.05) is 18.2 Å². The normalized spacial score (nSPS) is 10.7. The fourth-order valence-corrected chi connectivity index (χ4v) is 2.82. The number of rotatable bonds is 12. The van der Waals surface area contributed by atoms with E-state index in [0.717, 1.165) is 43.6 Å². The van der Waals surface area contributed by atoms with E-state index in [1.54, 1.807) is 0 Å². The number of hydrogen-bond acceptors (Lipinski definition) is 10. The van der Waals surface area contributed by atoms with Gasteiger partial charge in [0.2, 0.25) is 17.8 Å². The summed E-state index contributed by atoms with van der Waals surface area (Å²) in [5, 5.41) is 6.64. The minimum Gasteiger partial charge on any atom is -0.354 e. The Hall–Kier alpha value is -2.97. The first kappa shape index (κ1) is 29.1. The third-order valence-corrected chi connectivity index (χ3v) is 4.52. The fourth-order valence-electron chi connectivity index (χ4n) is 2.82. The molecule has 1 heterocycles. The van der Waals surface area contributed by atoms with Gasteiger partial charge in [0.05, 0.1) is 6.54 Å². The smallest absolute Gasteiger partial charge is 0.339 e. The van der Waals surface area contributed by atoms with Crippen LogP contribution in [0.3, 0.4) is 0 Å². The molecule has 2 aromatic rings. The van der Waals surface area contributed by atoms with Gasteiger partial charge in [0.1, 0.15) is 0 Å². The third-order valence-electron chi connectivity index (χ3n) is 4.52. The van der Waals surface area contributed by atoms with Gasteiger partial charge in [0, 0.05) is 26.2 Å². The van der Waals surface area contributed by atoms with Crippen molar-refractivity contribution in [2.75, 3.05) is 35.2 Å². The molecule has 0 saturated heterocycles. The number of hydrogen-bond donors (Lipinski definition) is 5. The van der Waals surface area contributed by atoms with Crippen molar-refractivity contribution in [1.82, 2.24) is 15.0 Å². The van der Waals surface area contributed by atoms with E-state index in [9.17, 15) is 0 Å². The molecule has 0 fully saturated rings. The summed E-state index contributed by atoms with van der Waals surface area (Å²) < 4.78 is 34.0. The Kier molecular flexibility index (Phi) is 12.8. The average molecular weight is 500 g/mol. The highest BCUT2D eigenvalue weighted by Crippen LogP contribution is 2.15. The first-order valence-corrected chi connectivity index (χ1v) is 12.1. The number of nitrogens with two attached hydrogens (primary N) is 2. The van der Waals surface area contributed by atoms with Crippen LogP contribution in [0, 0.1) is 10.2 Å². The molecule has 0 unspecified atom stereocenters. The molecule has 0 amide bonds. The summed E-state index contributed by atoms with van der Waals surface area (Å²) in [5.41, 5.74) is 13.3. The molecule has 1 aromatic heterocycles. The van der Waals surface area contributed by atoms with Gasteiger partial charge in [-0.05, 0) is 31.4 Å². The summed E-state index contributed by atoms with van der Waals surface area (Å²) in [4.78, 5) is 18.8. The van der Waals surface area contributed by atoms with Gasteiger partial charge in [-0.3, -0.25) is 16.5 Å². The second-order valence-electron chi connectivity index (χ2n) is 7.04. The highest BCUT2D eigenvalue weighted by molar-refractivity contribution is 5.69. The molecule has 14 heteroatoms. The highest BCUT2D eigenvalue weighted by Gasteiger charge is 2.12. The second kappa shape index (κ2) is 15.0. The third kappa shape index (κ3) is 12.3. The highest BCUT2D eigenvalue weighted by atomic mass is 35.7. The lowest BCUT2D eigenvalue weighted by Crippen LogP contribution is -2.76. The van der Waals surface area contributed by atoms with E-state index in [-0.39, 0.29) is 5.96 Å². The van der Waals surface area contributed by atoms with E-state index in [2.05, 4.69) is 62.3 Å². The number of guanidine groups is 1. The number of benzene rings is 1. The lowest BCUT2D eigenvalue weighted by atomic mass is 10.1. The van der Waals surface area contributed by atoms with Gasteiger partial charge < -0.3 is 15.5 Å². The van der Waals surface area contributed by atoms with Crippen LogP contribution < -0.4 is 50.6 Å². The zero-order valence-corrected chi connectivity index (χ0v) is 20.5. The first-order chi connectivity index (χ1) is 16.1. The molecule has 0 bridgehead atoms. The lowest BCUT2D eigenvalue weighted by molar-refractivity contribution is -2.00. The van der Waals surface area contributed by atoms with E-state index in [0.29, 0.717) is 30.9 Å². The van der Waals surface area contributed by atoms with Crippen LogP contribution in [-0.4, -0.2) is 40.5 Å². The minimum atomic E-state index is -4.94. The van der Waals surface area contributed by atoms with Crippen LogP contribution >= 0.6 is 0 Å². The van der Waals surface area contributed by atoms with Crippen LogP contribution in [0.2, 0.25) is 0 Å². The summed E-state index contributed by atoms with van der Waals surface area (Å²) in [5.74, 6) is 2.02. The van der Waals surface area contributed by atoms with Crippen molar-refractivity contribution in [3.05, 3.63) is 35.4 Å². The summed E-state index contributed by atoms with van der Waals surface area (Å²) in [6.07, 6.45) is 2.18. The predicted molar refractivity (Wildman–Crippen MR) is 119 cm³/mol. The van der Waals surface area contributed by atoms with Gasteiger partial charge in [-0.25, -0.2) is 18.6 Å². The molecule has 7 N–H and O–H groups in total. The molecule has 1 aromatic carbocycles. The number of anilines is 3. The van der Waals surface area contributed by atoms with Crippen LogP contribution in [-0.2, 0) is 13.1 Å². The van der Waals surface area contributed by atoms with Crippen molar-refractivity contribution in [3.63, 3.8) is 0 Å². The molecular formula is C20H34ClN9O4. The predicted octanol–water partition coefficient (Wildman–Crippen LogP) is -4.36. The van der Waals surface area contributed by atoms with Crippen molar-refractivity contribution in [2.24, 2.45) is 11.5 Å². The Morgan fingerprint density at radius 2 is 1.50 bits per heavy atom. The average Bonchev–Trinajstić information content (AvgIpc) is 2.77. The van der Waals surface area contributed by atoms with E-state index >= 15 is 0 Å². The Balaban J connectivity index is 0.00000104. The van der Waals surface area contributed by atoms with Gasteiger partial charge in [0.25, 0.3) is 0 Å². The number of halogens is 1. The fraction of sp³-hybridized carbons (Fsp3) is 0.500. The standard InChI is InChI=1S/C20H33N9.ClHO4/c1-4-7-12-23-18-26-19(28-20(27-18)29(5-2)6-3)25-14-16-11-9-8-10-15(16)13-24-17(21)22;2-1(3,4)5/h8-11H,4-7,12-14H2,1-3H3,(H4,21,22,24)(H2,23,25,26,27,28);(H,2,3,4,5). The quantitative estimate of drug-likeness (QED) is 0.106. The van der Waals surface area contributed by atoms with Crippen LogP contribution in [0.25, 0.3) is 0 Å². The molecule has 190 valence electrons. The molecule has 13 nitrogen and oxygen atoms in total. The molecular weight excluding hydrogens is 466 g/mol. The molecule has 0 aliphatic rings. The van der Waals surface area contributed by atoms with E-state index < -0.39 is 10.2 Å². The van der Waals surface area contributed by atoms with Crippen LogP contribution in [0.4, 0.5) is 17.8 Å². The number of unbranched alkanes of at least 4 members (excludes halogenated alkanes) is 1. The number of nitrogens with zero attached hydrogens (tertiary/aromatic N) is 4. The Morgan fingerprint density at radius 3 is 2.03 bits per heavy atom. The van der Waals surface area contributed by atoms with Crippen LogP contribution in [0.1, 0.15) is 44.7 Å². The number of aromatic nitrogens is 3. The van der Waals surface area contributed by atoms with Gasteiger partial charge in [-0.2, -0.15) is 15.0 Å². The molecule has 0 aliphatic heterocycles. The molecule has 0 aliphatic carbocycles. The summed E-state index contributed by atoms with van der Waals surface area (Å²) in [6.45, 7) is 9.99. The molecule has 2 rings (SSSR count). The molecule has 0 atom stereocenters. The zero-order valence-electron chi connectivity index (χ0n) is 19.7. The molecule has 0 radical (unpaired) electrons. The minimum absolute atomic E-state index is 0.205. The molecule has 0 saturated carbocycles. The van der Waals surface area contributed by atoms with Crippen LogP contribution in [0.15, 0.2) is 24.3 Å². The SMILES string of the molecule is CCCCNc1nc(NCc2ccccc2C[NH+]=C(N)N)nc(N(CC)CC)n1.[O-][Cl+3]([O-])([O-])[O-].